The van der Waals surface area contributed by atoms with E-state index in [-0.39, 0.29) is 24.5 Å². The van der Waals surface area contributed by atoms with Gasteiger partial charge < -0.3 is 15.3 Å². The van der Waals surface area contributed by atoms with Crippen molar-refractivity contribution in [2.75, 3.05) is 25.0 Å². The molecule has 1 aromatic carbocycles. The van der Waals surface area contributed by atoms with Crippen LogP contribution in [0.2, 0.25) is 0 Å². The van der Waals surface area contributed by atoms with Crippen molar-refractivity contribution >= 4 is 11.6 Å². The molecule has 2 aliphatic rings. The lowest BCUT2D eigenvalue weighted by atomic mass is 9.89. The Kier molecular flexibility index (Phi) is 3.66. The maximum Gasteiger partial charge on any atom is 0.230 e. The molecule has 2 heterocycles. The van der Waals surface area contributed by atoms with Crippen molar-refractivity contribution < 1.29 is 9.90 Å². The Labute approximate surface area is 119 Å². The largest absolute Gasteiger partial charge is 0.394 e. The summed E-state index contributed by atoms with van der Waals surface area (Å²) in [6.45, 7) is 3.79. The molecule has 2 N–H and O–H groups in total. The molecule has 0 saturated carbocycles. The van der Waals surface area contributed by atoms with Gasteiger partial charge in [-0.1, -0.05) is 25.1 Å². The normalized spacial score (nSPS) is 28.9. The van der Waals surface area contributed by atoms with Gasteiger partial charge in [-0.25, -0.2) is 0 Å². The Balaban J connectivity index is 1.85. The van der Waals surface area contributed by atoms with E-state index < -0.39 is 0 Å². The number of anilines is 1. The first-order chi connectivity index (χ1) is 9.72. The van der Waals surface area contributed by atoms with Crippen LogP contribution in [-0.4, -0.2) is 41.7 Å². The van der Waals surface area contributed by atoms with Crippen LogP contribution in [0.3, 0.4) is 0 Å². The smallest absolute Gasteiger partial charge is 0.230 e. The van der Waals surface area contributed by atoms with E-state index >= 15 is 0 Å². The molecule has 108 valence electrons. The molecule has 2 aliphatic heterocycles. The standard InChI is InChI=1S/C16H22N2O2/c1-11-7-9-18(15(11)10-19)16(20)13-6-8-17-14-5-3-2-4-12(13)14/h2-5,11,13,15,17,19H,6-10H2,1H3. The van der Waals surface area contributed by atoms with Crippen molar-refractivity contribution in [2.24, 2.45) is 5.92 Å². The molecule has 20 heavy (non-hydrogen) atoms. The van der Waals surface area contributed by atoms with E-state index in [1.165, 1.54) is 0 Å². The molecule has 1 aromatic rings. The van der Waals surface area contributed by atoms with Gasteiger partial charge in [-0.05, 0) is 30.4 Å². The van der Waals surface area contributed by atoms with Gasteiger partial charge in [-0.2, -0.15) is 0 Å². The minimum Gasteiger partial charge on any atom is -0.394 e. The van der Waals surface area contributed by atoms with E-state index in [0.29, 0.717) is 5.92 Å². The summed E-state index contributed by atoms with van der Waals surface area (Å²) in [5.74, 6) is 0.509. The molecule has 0 bridgehead atoms. The molecule has 3 atom stereocenters. The number of rotatable bonds is 2. The van der Waals surface area contributed by atoms with Crippen molar-refractivity contribution in [3.05, 3.63) is 29.8 Å². The number of amides is 1. The number of para-hydroxylation sites is 1. The summed E-state index contributed by atoms with van der Waals surface area (Å²) in [5, 5.41) is 12.9. The summed E-state index contributed by atoms with van der Waals surface area (Å²) < 4.78 is 0. The van der Waals surface area contributed by atoms with Gasteiger partial charge in [-0.15, -0.1) is 0 Å². The fourth-order valence-electron chi connectivity index (χ4n) is 3.49. The lowest BCUT2D eigenvalue weighted by Crippen LogP contribution is -2.43. The molecule has 1 saturated heterocycles. The van der Waals surface area contributed by atoms with Gasteiger partial charge in [-0.3, -0.25) is 4.79 Å². The highest BCUT2D eigenvalue weighted by Crippen LogP contribution is 2.35. The Hall–Kier alpha value is -1.55. The Bertz CT molecular complexity index is 503. The van der Waals surface area contributed by atoms with Crippen molar-refractivity contribution in [3.8, 4) is 0 Å². The zero-order valence-corrected chi connectivity index (χ0v) is 11.9. The van der Waals surface area contributed by atoms with Gasteiger partial charge in [0, 0.05) is 18.8 Å². The minimum absolute atomic E-state index is 0.00968. The van der Waals surface area contributed by atoms with Crippen LogP contribution in [0.5, 0.6) is 0 Å². The van der Waals surface area contributed by atoms with E-state index in [2.05, 4.69) is 12.2 Å². The van der Waals surface area contributed by atoms with Crippen LogP contribution < -0.4 is 5.32 Å². The van der Waals surface area contributed by atoms with Crippen molar-refractivity contribution in [2.45, 2.75) is 31.7 Å². The van der Waals surface area contributed by atoms with Crippen molar-refractivity contribution in [3.63, 3.8) is 0 Å². The molecule has 0 aliphatic carbocycles. The van der Waals surface area contributed by atoms with Gasteiger partial charge in [0.1, 0.15) is 0 Å². The summed E-state index contributed by atoms with van der Waals surface area (Å²) >= 11 is 0. The number of hydrogen-bond acceptors (Lipinski definition) is 3. The highest BCUT2D eigenvalue weighted by Gasteiger charge is 2.38. The van der Waals surface area contributed by atoms with Crippen LogP contribution in [-0.2, 0) is 4.79 Å². The van der Waals surface area contributed by atoms with Crippen LogP contribution in [0.15, 0.2) is 24.3 Å². The Morgan fingerprint density at radius 3 is 3.00 bits per heavy atom. The number of benzene rings is 1. The Morgan fingerprint density at radius 2 is 2.20 bits per heavy atom. The molecule has 4 heteroatoms. The average Bonchev–Trinajstić information content (AvgIpc) is 2.86. The Morgan fingerprint density at radius 1 is 1.40 bits per heavy atom. The van der Waals surface area contributed by atoms with E-state index in [4.69, 9.17) is 0 Å². The van der Waals surface area contributed by atoms with Crippen LogP contribution >= 0.6 is 0 Å². The van der Waals surface area contributed by atoms with Crippen LogP contribution in [0, 0.1) is 5.92 Å². The maximum atomic E-state index is 12.9. The molecule has 1 amide bonds. The number of aliphatic hydroxyl groups is 1. The molecule has 0 aromatic heterocycles. The second kappa shape index (κ2) is 5.44. The first-order valence-electron chi connectivity index (χ1n) is 7.46. The van der Waals surface area contributed by atoms with Gasteiger partial charge in [0.15, 0.2) is 0 Å². The number of fused-ring (bicyclic) bond motifs is 1. The number of carbonyl (C=O) groups excluding carboxylic acids is 1. The number of hydrogen-bond donors (Lipinski definition) is 2. The molecule has 3 rings (SSSR count). The van der Waals surface area contributed by atoms with Crippen molar-refractivity contribution in [1.82, 2.24) is 4.90 Å². The van der Waals surface area contributed by atoms with Gasteiger partial charge >= 0.3 is 0 Å². The topological polar surface area (TPSA) is 52.6 Å². The third-order valence-electron chi connectivity index (χ3n) is 4.74. The highest BCUT2D eigenvalue weighted by molar-refractivity contribution is 5.87. The van der Waals surface area contributed by atoms with Crippen LogP contribution in [0.4, 0.5) is 5.69 Å². The summed E-state index contributed by atoms with van der Waals surface area (Å²) in [4.78, 5) is 14.8. The SMILES string of the molecule is CC1CCN(C(=O)C2CCNc3ccccc32)C1CO. The fraction of sp³-hybridized carbons (Fsp3) is 0.562. The minimum atomic E-state index is -0.0631. The average molecular weight is 274 g/mol. The molecular formula is C16H22N2O2. The summed E-state index contributed by atoms with van der Waals surface area (Å²) in [6.07, 6.45) is 1.82. The van der Waals surface area contributed by atoms with E-state index in [1.54, 1.807) is 0 Å². The fourth-order valence-corrected chi connectivity index (χ4v) is 3.49. The molecule has 0 spiro atoms. The van der Waals surface area contributed by atoms with Gasteiger partial charge in [0.05, 0.1) is 18.6 Å². The predicted octanol–water partition coefficient (Wildman–Crippen LogP) is 1.82. The molecule has 4 nitrogen and oxygen atoms in total. The van der Waals surface area contributed by atoms with Gasteiger partial charge in [0.25, 0.3) is 0 Å². The molecular weight excluding hydrogens is 252 g/mol. The van der Waals surface area contributed by atoms with E-state index in [0.717, 1.165) is 37.2 Å². The summed E-state index contributed by atoms with van der Waals surface area (Å²) in [5.41, 5.74) is 2.17. The number of likely N-dealkylation sites (tertiary alicyclic amines) is 1. The quantitative estimate of drug-likeness (QED) is 0.865. The zero-order chi connectivity index (χ0) is 14.1. The van der Waals surface area contributed by atoms with Crippen molar-refractivity contribution in [1.29, 1.82) is 0 Å². The maximum absolute atomic E-state index is 12.9. The second-order valence-electron chi connectivity index (χ2n) is 5.90. The molecule has 1 fully saturated rings. The highest BCUT2D eigenvalue weighted by atomic mass is 16.3. The van der Waals surface area contributed by atoms with E-state index in [1.807, 2.05) is 29.2 Å². The number of aliphatic hydroxyl groups excluding tert-OH is 1. The number of nitrogens with one attached hydrogen (secondary N) is 1. The second-order valence-corrected chi connectivity index (χ2v) is 5.90. The number of nitrogens with zero attached hydrogens (tertiary/aromatic N) is 1. The zero-order valence-electron chi connectivity index (χ0n) is 11.9. The first kappa shape index (κ1) is 13.4. The lowest BCUT2D eigenvalue weighted by molar-refractivity contribution is -0.135. The van der Waals surface area contributed by atoms with E-state index in [9.17, 15) is 9.90 Å². The first-order valence-corrected chi connectivity index (χ1v) is 7.46. The summed E-state index contributed by atoms with van der Waals surface area (Å²) in [7, 11) is 0. The molecule has 0 radical (unpaired) electrons. The third-order valence-corrected chi connectivity index (χ3v) is 4.74. The summed E-state index contributed by atoms with van der Waals surface area (Å²) in [6, 6.07) is 8.04. The monoisotopic (exact) mass is 274 g/mol. The number of carbonyl (C=O) groups is 1. The van der Waals surface area contributed by atoms with Gasteiger partial charge in [0.2, 0.25) is 5.91 Å². The predicted molar refractivity (Wildman–Crippen MR) is 78.7 cm³/mol. The lowest BCUT2D eigenvalue weighted by Gasteiger charge is -2.32. The molecule has 3 unspecified atom stereocenters. The van der Waals surface area contributed by atoms with Crippen LogP contribution in [0.25, 0.3) is 0 Å². The third kappa shape index (κ3) is 2.18. The van der Waals surface area contributed by atoms with Crippen LogP contribution in [0.1, 0.15) is 31.2 Å².